The lowest BCUT2D eigenvalue weighted by molar-refractivity contribution is 0.285. The van der Waals surface area contributed by atoms with Crippen LogP contribution in [0.15, 0.2) is 0 Å². The van der Waals surface area contributed by atoms with Gasteiger partial charge in [-0.3, -0.25) is 0 Å². The molecule has 0 aliphatic rings. The maximum absolute atomic E-state index is 4.82. The summed E-state index contributed by atoms with van der Waals surface area (Å²) in [4.78, 5) is 0. The molecular formula is C3H8BIO2. The van der Waals surface area contributed by atoms with Crippen LogP contribution in [0, 0.1) is 0 Å². The van der Waals surface area contributed by atoms with Gasteiger partial charge in [0, 0.05) is 18.5 Å². The first-order valence-electron chi connectivity index (χ1n) is 1.96. The molecule has 0 N–H and O–H groups in total. The van der Waals surface area contributed by atoms with Crippen LogP contribution < -0.4 is 0 Å². The highest BCUT2D eigenvalue weighted by Crippen LogP contribution is 1.89. The second-order valence-electron chi connectivity index (χ2n) is 1.06. The fraction of sp³-hybridized carbons (Fsp3) is 1.00. The van der Waals surface area contributed by atoms with Crippen LogP contribution in [0.25, 0.3) is 0 Å². The smallest absolute Gasteiger partial charge is 0.413 e. The van der Waals surface area contributed by atoms with Gasteiger partial charge in [0.2, 0.25) is 0 Å². The Kier molecular flexibility index (Phi) is 5.36. The predicted octanol–water partition coefficient (Wildman–Crippen LogP) is 0.742. The highest BCUT2D eigenvalue weighted by atomic mass is 127. The molecule has 0 spiro atoms. The molecule has 0 amide bonds. The molecule has 0 aromatic carbocycles. The second-order valence-corrected chi connectivity index (χ2v) is 1.94. The van der Waals surface area contributed by atoms with Crippen molar-refractivity contribution in [3.05, 3.63) is 0 Å². The van der Waals surface area contributed by atoms with Gasteiger partial charge in [0.05, 0.1) is 0 Å². The Morgan fingerprint density at radius 3 is 1.86 bits per heavy atom. The summed E-state index contributed by atoms with van der Waals surface area (Å²) in [6, 6.07) is 0. The van der Waals surface area contributed by atoms with Crippen molar-refractivity contribution in [2.75, 3.05) is 18.5 Å². The number of hydrogen-bond acceptors (Lipinski definition) is 2. The van der Waals surface area contributed by atoms with E-state index in [9.17, 15) is 0 Å². The average Bonchev–Trinajstić information content (AvgIpc) is 1.72. The van der Waals surface area contributed by atoms with E-state index in [0.717, 1.165) is 4.33 Å². The van der Waals surface area contributed by atoms with Gasteiger partial charge in [-0.05, 0) is 0 Å². The van der Waals surface area contributed by atoms with Crippen molar-refractivity contribution >= 4 is 29.7 Å². The third-order valence-electron chi connectivity index (χ3n) is 0.652. The van der Waals surface area contributed by atoms with Gasteiger partial charge in [-0.25, -0.2) is 0 Å². The van der Waals surface area contributed by atoms with Crippen molar-refractivity contribution in [3.8, 4) is 0 Å². The summed E-state index contributed by atoms with van der Waals surface area (Å²) in [7, 11) is 3.24. The van der Waals surface area contributed by atoms with Crippen LogP contribution in [0.3, 0.4) is 0 Å². The normalized spacial score (nSPS) is 9.00. The number of rotatable bonds is 3. The van der Waals surface area contributed by atoms with E-state index in [2.05, 4.69) is 22.6 Å². The molecule has 0 aliphatic heterocycles. The lowest BCUT2D eigenvalue weighted by Crippen LogP contribution is -2.20. The summed E-state index contributed by atoms with van der Waals surface area (Å²) in [6.45, 7) is 0. The number of hydrogen-bond donors (Lipinski definition) is 0. The van der Waals surface area contributed by atoms with Gasteiger partial charge >= 0.3 is 7.12 Å². The minimum absolute atomic E-state index is 0.0272. The molecule has 0 radical (unpaired) electrons. The van der Waals surface area contributed by atoms with E-state index in [1.54, 1.807) is 14.2 Å². The molecule has 2 nitrogen and oxygen atoms in total. The molecule has 0 unspecified atom stereocenters. The third-order valence-corrected chi connectivity index (χ3v) is 1.37. The van der Waals surface area contributed by atoms with Gasteiger partial charge in [-0.1, -0.05) is 22.6 Å². The van der Waals surface area contributed by atoms with E-state index in [-0.39, 0.29) is 7.12 Å². The van der Waals surface area contributed by atoms with E-state index in [1.165, 1.54) is 0 Å². The van der Waals surface area contributed by atoms with Gasteiger partial charge < -0.3 is 9.31 Å². The van der Waals surface area contributed by atoms with Crippen molar-refractivity contribution < 1.29 is 9.31 Å². The van der Waals surface area contributed by atoms with Gasteiger partial charge in [0.1, 0.15) is 0 Å². The molecule has 0 saturated carbocycles. The summed E-state index contributed by atoms with van der Waals surface area (Å²) in [6.07, 6.45) is 0. The fourth-order valence-electron chi connectivity index (χ4n) is 0.222. The van der Waals surface area contributed by atoms with E-state index in [0.29, 0.717) is 0 Å². The average molecular weight is 214 g/mol. The van der Waals surface area contributed by atoms with Crippen molar-refractivity contribution in [2.24, 2.45) is 0 Å². The van der Waals surface area contributed by atoms with Crippen LogP contribution in [0.2, 0.25) is 0 Å². The molecular weight excluding hydrogens is 206 g/mol. The van der Waals surface area contributed by atoms with Gasteiger partial charge in [0.15, 0.2) is 0 Å². The molecule has 0 heterocycles. The molecule has 0 atom stereocenters. The summed E-state index contributed by atoms with van der Waals surface area (Å²) in [5.41, 5.74) is 0. The predicted molar refractivity (Wildman–Crippen MR) is 38.7 cm³/mol. The van der Waals surface area contributed by atoms with Crippen molar-refractivity contribution in [2.45, 2.75) is 0 Å². The van der Waals surface area contributed by atoms with Crippen molar-refractivity contribution in [3.63, 3.8) is 0 Å². The van der Waals surface area contributed by atoms with Crippen LogP contribution in [0.1, 0.15) is 0 Å². The molecule has 0 bridgehead atoms. The lowest BCUT2D eigenvalue weighted by atomic mass is 9.96. The van der Waals surface area contributed by atoms with Crippen LogP contribution in [-0.4, -0.2) is 25.7 Å². The molecule has 7 heavy (non-hydrogen) atoms. The zero-order valence-electron chi connectivity index (χ0n) is 4.48. The Bertz CT molecular complexity index is 34.4. The highest BCUT2D eigenvalue weighted by molar-refractivity contribution is 14.1. The Morgan fingerprint density at radius 1 is 1.43 bits per heavy atom. The van der Waals surface area contributed by atoms with E-state index in [4.69, 9.17) is 9.31 Å². The zero-order valence-corrected chi connectivity index (χ0v) is 6.64. The quantitative estimate of drug-likeness (QED) is 0.391. The monoisotopic (exact) mass is 214 g/mol. The van der Waals surface area contributed by atoms with Crippen LogP contribution in [0.5, 0.6) is 0 Å². The summed E-state index contributed by atoms with van der Waals surface area (Å²) in [5, 5.41) is 0. The molecule has 4 heteroatoms. The maximum Gasteiger partial charge on any atom is 0.466 e. The number of halogens is 1. The largest absolute Gasteiger partial charge is 0.466 e. The lowest BCUT2D eigenvalue weighted by Gasteiger charge is -2.01. The van der Waals surface area contributed by atoms with Crippen molar-refractivity contribution in [1.29, 1.82) is 0 Å². The first-order valence-corrected chi connectivity index (χ1v) is 3.49. The van der Waals surface area contributed by atoms with Crippen LogP contribution >= 0.6 is 22.6 Å². The minimum atomic E-state index is -0.0272. The highest BCUT2D eigenvalue weighted by Gasteiger charge is 2.09. The molecule has 0 saturated heterocycles. The minimum Gasteiger partial charge on any atom is -0.413 e. The molecule has 0 aromatic rings. The third kappa shape index (κ3) is 3.31. The fourth-order valence-corrected chi connectivity index (χ4v) is 0.941. The van der Waals surface area contributed by atoms with Crippen molar-refractivity contribution in [1.82, 2.24) is 0 Å². The first kappa shape index (κ1) is 7.71. The van der Waals surface area contributed by atoms with Gasteiger partial charge in [-0.2, -0.15) is 0 Å². The molecule has 0 rings (SSSR count). The Labute approximate surface area is 57.9 Å². The Hall–Kier alpha value is 0.715. The Balaban J connectivity index is 2.99. The van der Waals surface area contributed by atoms with Gasteiger partial charge in [0.25, 0.3) is 0 Å². The Morgan fingerprint density at radius 2 is 1.86 bits per heavy atom. The van der Waals surface area contributed by atoms with E-state index >= 15 is 0 Å². The van der Waals surface area contributed by atoms with Gasteiger partial charge in [-0.15, -0.1) is 0 Å². The molecule has 0 fully saturated rings. The standard InChI is InChI=1S/C3H8BIO2/c1-6-4(3-5)7-2/h3H2,1-2H3. The topological polar surface area (TPSA) is 18.5 Å². The van der Waals surface area contributed by atoms with E-state index < -0.39 is 0 Å². The van der Waals surface area contributed by atoms with E-state index in [1.807, 2.05) is 0 Å². The maximum atomic E-state index is 4.82. The molecule has 42 valence electrons. The number of alkyl halides is 1. The molecule has 0 aromatic heterocycles. The SMILES string of the molecule is COB(CI)OC. The van der Waals surface area contributed by atoms with Crippen LogP contribution in [-0.2, 0) is 9.31 Å². The molecule has 0 aliphatic carbocycles. The second kappa shape index (κ2) is 4.86. The first-order chi connectivity index (χ1) is 3.35. The van der Waals surface area contributed by atoms with Crippen LogP contribution in [0.4, 0.5) is 0 Å². The summed E-state index contributed by atoms with van der Waals surface area (Å²) < 4.78 is 10.5. The summed E-state index contributed by atoms with van der Waals surface area (Å²) >= 11 is 2.20. The zero-order chi connectivity index (χ0) is 5.70. The summed E-state index contributed by atoms with van der Waals surface area (Å²) in [5.74, 6) is 0.